The summed E-state index contributed by atoms with van der Waals surface area (Å²) in [5.41, 5.74) is -0.459. The molecule has 0 aliphatic rings. The van der Waals surface area contributed by atoms with Gasteiger partial charge in [-0.25, -0.2) is 4.79 Å². The van der Waals surface area contributed by atoms with E-state index in [4.69, 9.17) is 9.47 Å². The topological polar surface area (TPSA) is 44.8 Å². The molecule has 0 aromatic heterocycles. The number of methoxy groups -OCH3 is 2. The molecule has 0 amide bonds. The fourth-order valence-corrected chi connectivity index (χ4v) is 0.936. The Kier molecular flexibility index (Phi) is 3.88. The Hall–Kier alpha value is -0.610. The van der Waals surface area contributed by atoms with Gasteiger partial charge >= 0.3 is 5.97 Å². The maximum Gasteiger partial charge on any atom is 0.366 e. The van der Waals surface area contributed by atoms with E-state index < -0.39 is 17.4 Å². The fourth-order valence-electron chi connectivity index (χ4n) is 0.936. The molecule has 0 bridgehead atoms. The van der Waals surface area contributed by atoms with Crippen LogP contribution >= 0.6 is 0 Å². The third kappa shape index (κ3) is 3.74. The van der Waals surface area contributed by atoms with E-state index in [0.717, 1.165) is 0 Å². The highest BCUT2D eigenvalue weighted by atomic mass is 16.7. The van der Waals surface area contributed by atoms with Crippen LogP contribution in [0.4, 0.5) is 0 Å². The lowest BCUT2D eigenvalue weighted by Gasteiger charge is -2.32. The molecule has 1 unspecified atom stereocenters. The average molecular weight is 190 g/mol. The molecule has 0 aliphatic carbocycles. The molecule has 0 N–H and O–H groups in total. The molecule has 0 saturated carbocycles. The molecular formula is C9H18O4. The molecule has 0 aromatic carbocycles. The van der Waals surface area contributed by atoms with Crippen LogP contribution < -0.4 is 0 Å². The minimum atomic E-state index is -1.33. The number of carbonyl (C=O) groups is 1. The molecule has 0 aliphatic heterocycles. The van der Waals surface area contributed by atoms with Crippen molar-refractivity contribution in [1.29, 1.82) is 0 Å². The van der Waals surface area contributed by atoms with E-state index in [-0.39, 0.29) is 0 Å². The maximum atomic E-state index is 11.3. The summed E-state index contributed by atoms with van der Waals surface area (Å²) in [6, 6.07) is 0. The Morgan fingerprint density at radius 2 is 1.54 bits per heavy atom. The van der Waals surface area contributed by atoms with Crippen LogP contribution in [0, 0.1) is 0 Å². The molecule has 1 atom stereocenters. The van der Waals surface area contributed by atoms with Crippen molar-refractivity contribution in [2.24, 2.45) is 0 Å². The van der Waals surface area contributed by atoms with Gasteiger partial charge in [0.1, 0.15) is 0 Å². The standard InChI is InChI=1S/C9H18O4/c1-8(2,3)13-9(4,12-6)7(10)11-5/h1-6H3. The first-order valence-corrected chi connectivity index (χ1v) is 4.09. The quantitative estimate of drug-likeness (QED) is 0.497. The van der Waals surface area contributed by atoms with Crippen molar-refractivity contribution >= 4 is 5.97 Å². The van der Waals surface area contributed by atoms with Crippen LogP contribution in [0.5, 0.6) is 0 Å². The van der Waals surface area contributed by atoms with E-state index in [1.54, 1.807) is 0 Å². The molecule has 0 rings (SSSR count). The van der Waals surface area contributed by atoms with Gasteiger partial charge in [0.2, 0.25) is 0 Å². The molecule has 4 heteroatoms. The average Bonchev–Trinajstić information content (AvgIpc) is 1.99. The summed E-state index contributed by atoms with van der Waals surface area (Å²) in [5, 5.41) is 0. The number of hydrogen-bond acceptors (Lipinski definition) is 4. The minimum absolute atomic E-state index is 0.459. The van der Waals surface area contributed by atoms with Crippen molar-refractivity contribution in [3.8, 4) is 0 Å². The van der Waals surface area contributed by atoms with Crippen molar-refractivity contribution in [3.05, 3.63) is 0 Å². The van der Waals surface area contributed by atoms with Crippen molar-refractivity contribution in [2.45, 2.75) is 39.1 Å². The van der Waals surface area contributed by atoms with Gasteiger partial charge < -0.3 is 14.2 Å². The fraction of sp³-hybridized carbons (Fsp3) is 0.889. The maximum absolute atomic E-state index is 11.3. The number of ether oxygens (including phenoxy) is 3. The van der Waals surface area contributed by atoms with E-state index >= 15 is 0 Å². The second-order valence-corrected chi connectivity index (χ2v) is 3.86. The Morgan fingerprint density at radius 1 is 1.08 bits per heavy atom. The van der Waals surface area contributed by atoms with Crippen LogP contribution in [0.1, 0.15) is 27.7 Å². The monoisotopic (exact) mass is 190 g/mol. The summed E-state index contributed by atoms with van der Waals surface area (Å²) in [6.45, 7) is 7.05. The first-order chi connectivity index (χ1) is 5.75. The van der Waals surface area contributed by atoms with Gasteiger partial charge in [-0.2, -0.15) is 0 Å². The third-order valence-electron chi connectivity index (χ3n) is 1.45. The third-order valence-corrected chi connectivity index (χ3v) is 1.45. The molecule has 78 valence electrons. The second-order valence-electron chi connectivity index (χ2n) is 3.86. The molecule has 0 saturated heterocycles. The van der Waals surface area contributed by atoms with E-state index in [0.29, 0.717) is 0 Å². The van der Waals surface area contributed by atoms with Gasteiger partial charge in [0, 0.05) is 14.0 Å². The Morgan fingerprint density at radius 3 is 1.77 bits per heavy atom. The van der Waals surface area contributed by atoms with Gasteiger partial charge in [0.05, 0.1) is 12.7 Å². The van der Waals surface area contributed by atoms with Crippen molar-refractivity contribution in [2.75, 3.05) is 14.2 Å². The lowest BCUT2D eigenvalue weighted by Crippen LogP contribution is -2.46. The zero-order valence-corrected chi connectivity index (χ0v) is 9.13. The number of hydrogen-bond donors (Lipinski definition) is 0. The summed E-state index contributed by atoms with van der Waals surface area (Å²) in [4.78, 5) is 11.3. The first-order valence-electron chi connectivity index (χ1n) is 4.09. The van der Waals surface area contributed by atoms with E-state index in [1.165, 1.54) is 21.1 Å². The summed E-state index contributed by atoms with van der Waals surface area (Å²) in [7, 11) is 2.70. The van der Waals surface area contributed by atoms with Gasteiger partial charge in [-0.3, -0.25) is 0 Å². The predicted octanol–water partition coefficient (Wildman–Crippen LogP) is 1.34. The molecule has 4 nitrogen and oxygen atoms in total. The van der Waals surface area contributed by atoms with Crippen LogP contribution in [0.3, 0.4) is 0 Å². The smallest absolute Gasteiger partial charge is 0.366 e. The molecule has 0 radical (unpaired) electrons. The van der Waals surface area contributed by atoms with Gasteiger partial charge in [-0.1, -0.05) is 0 Å². The first kappa shape index (κ1) is 12.4. The SMILES string of the molecule is COC(=O)C(C)(OC)OC(C)(C)C. The normalized spacial score (nSPS) is 16.5. The summed E-state index contributed by atoms with van der Waals surface area (Å²) < 4.78 is 15.0. The van der Waals surface area contributed by atoms with Crippen LogP contribution in [-0.4, -0.2) is 31.6 Å². The Balaban J connectivity index is 4.55. The Labute approximate surface area is 79.2 Å². The predicted molar refractivity (Wildman–Crippen MR) is 48.3 cm³/mol. The van der Waals surface area contributed by atoms with Crippen molar-refractivity contribution in [3.63, 3.8) is 0 Å². The highest BCUT2D eigenvalue weighted by molar-refractivity contribution is 5.77. The van der Waals surface area contributed by atoms with Crippen LogP contribution in [0.15, 0.2) is 0 Å². The molecular weight excluding hydrogens is 172 g/mol. The lowest BCUT2D eigenvalue weighted by atomic mass is 10.1. The molecule has 0 heterocycles. The molecule has 13 heavy (non-hydrogen) atoms. The minimum Gasteiger partial charge on any atom is -0.465 e. The highest BCUT2D eigenvalue weighted by Gasteiger charge is 2.39. The number of esters is 1. The highest BCUT2D eigenvalue weighted by Crippen LogP contribution is 2.21. The van der Waals surface area contributed by atoms with E-state index in [1.807, 2.05) is 20.8 Å². The largest absolute Gasteiger partial charge is 0.465 e. The molecule has 0 aromatic rings. The zero-order chi connectivity index (χ0) is 10.7. The summed E-state index contributed by atoms with van der Waals surface area (Å²) in [5.74, 6) is -1.86. The van der Waals surface area contributed by atoms with Gasteiger partial charge in [0.25, 0.3) is 5.79 Å². The van der Waals surface area contributed by atoms with Crippen LogP contribution in [-0.2, 0) is 19.0 Å². The van der Waals surface area contributed by atoms with Crippen molar-refractivity contribution in [1.82, 2.24) is 0 Å². The summed E-state index contributed by atoms with van der Waals surface area (Å²) >= 11 is 0. The lowest BCUT2D eigenvalue weighted by molar-refractivity contribution is -0.259. The van der Waals surface area contributed by atoms with Gasteiger partial charge in [-0.05, 0) is 20.8 Å². The van der Waals surface area contributed by atoms with E-state index in [9.17, 15) is 4.79 Å². The number of carbonyl (C=O) groups excluding carboxylic acids is 1. The van der Waals surface area contributed by atoms with Crippen molar-refractivity contribution < 1.29 is 19.0 Å². The number of rotatable bonds is 3. The molecule has 0 fully saturated rings. The Bertz CT molecular complexity index is 183. The second kappa shape index (κ2) is 4.07. The van der Waals surface area contributed by atoms with E-state index in [2.05, 4.69) is 4.74 Å². The van der Waals surface area contributed by atoms with Crippen LogP contribution in [0.25, 0.3) is 0 Å². The zero-order valence-electron chi connectivity index (χ0n) is 9.13. The van der Waals surface area contributed by atoms with Crippen LogP contribution in [0.2, 0.25) is 0 Å². The summed E-state index contributed by atoms with van der Waals surface area (Å²) in [6.07, 6.45) is 0. The van der Waals surface area contributed by atoms with Gasteiger partial charge in [-0.15, -0.1) is 0 Å². The van der Waals surface area contributed by atoms with Gasteiger partial charge in [0.15, 0.2) is 0 Å². The molecule has 0 spiro atoms.